The molecule has 4 aliphatic rings. The number of fused-ring (bicyclic) bond motifs is 3. The number of hydrogen-bond donors (Lipinski definition) is 2. The maximum Gasteiger partial charge on any atom is 0.318 e. The molecule has 2 N–H and O–H groups in total. The molecule has 0 radical (unpaired) electrons. The van der Waals surface area contributed by atoms with E-state index in [4.69, 9.17) is 21.1 Å². The van der Waals surface area contributed by atoms with Crippen molar-refractivity contribution in [2.45, 2.75) is 69.5 Å². The largest absolute Gasteiger partial charge is 0.508 e. The van der Waals surface area contributed by atoms with Gasteiger partial charge in [0.05, 0.1) is 23.3 Å². The number of phenolic OH excluding ortho intramolecular Hbond substituents is 1. The van der Waals surface area contributed by atoms with Gasteiger partial charge in [-0.25, -0.2) is 4.39 Å². The monoisotopic (exact) mass is 624 g/mol. The normalized spacial score (nSPS) is 20.9. The lowest BCUT2D eigenvalue weighted by Gasteiger charge is -2.35. The fourth-order valence-electron chi connectivity index (χ4n) is 8.09. The van der Waals surface area contributed by atoms with E-state index < -0.39 is 5.82 Å². The molecule has 3 aromatic rings. The summed E-state index contributed by atoms with van der Waals surface area (Å²) in [5, 5.41) is 15.0. The van der Waals surface area contributed by atoms with Gasteiger partial charge in [0.25, 0.3) is 0 Å². The number of amides is 1. The van der Waals surface area contributed by atoms with Gasteiger partial charge < -0.3 is 25.0 Å². The molecule has 1 atom stereocenters. The number of hydrogen-bond acceptors (Lipinski definition) is 8. The molecule has 0 spiro atoms. The molecule has 5 heterocycles. The van der Waals surface area contributed by atoms with Gasteiger partial charge in [0.2, 0.25) is 5.91 Å². The van der Waals surface area contributed by atoms with Crippen LogP contribution in [0.25, 0.3) is 10.8 Å². The van der Waals surface area contributed by atoms with E-state index >= 15 is 0 Å². The first-order valence-corrected chi connectivity index (χ1v) is 16.5. The summed E-state index contributed by atoms with van der Waals surface area (Å²) in [6.07, 6.45) is 15.2. The zero-order chi connectivity index (χ0) is 31.8. The van der Waals surface area contributed by atoms with Crippen LogP contribution in [0.5, 0.6) is 11.8 Å². The topological polar surface area (TPSA) is 94.1 Å². The Kier molecular flexibility index (Phi) is 8.20. The van der Waals surface area contributed by atoms with Crippen LogP contribution >= 0.6 is 0 Å². The molecule has 4 aliphatic heterocycles. The zero-order valence-corrected chi connectivity index (χ0v) is 26.2. The number of terminal acetylenes is 1. The quantitative estimate of drug-likeness (QED) is 0.289. The summed E-state index contributed by atoms with van der Waals surface area (Å²) in [7, 11) is 0. The van der Waals surface area contributed by atoms with Crippen LogP contribution in [0.2, 0.25) is 0 Å². The molecule has 3 fully saturated rings. The van der Waals surface area contributed by atoms with Crippen LogP contribution in [0.4, 0.5) is 15.9 Å². The first kappa shape index (κ1) is 30.3. The summed E-state index contributed by atoms with van der Waals surface area (Å²) >= 11 is 0. The molecular formula is C36H41FN6O3. The number of nitrogens with one attached hydrogen (secondary N) is 1. The van der Waals surface area contributed by atoms with E-state index in [9.17, 15) is 14.3 Å². The summed E-state index contributed by atoms with van der Waals surface area (Å²) in [5.74, 6) is 2.83. The van der Waals surface area contributed by atoms with Gasteiger partial charge in [0, 0.05) is 48.4 Å². The second kappa shape index (κ2) is 12.4. The first-order valence-electron chi connectivity index (χ1n) is 16.5. The van der Waals surface area contributed by atoms with Gasteiger partial charge >= 0.3 is 6.01 Å². The Morgan fingerprint density at radius 2 is 1.98 bits per heavy atom. The number of nitrogens with zero attached hydrogens (tertiary/aromatic N) is 5. The van der Waals surface area contributed by atoms with Crippen LogP contribution in [-0.4, -0.2) is 76.8 Å². The van der Waals surface area contributed by atoms with Gasteiger partial charge in [-0.3, -0.25) is 9.69 Å². The minimum Gasteiger partial charge on any atom is -0.508 e. The number of rotatable bonds is 7. The third kappa shape index (κ3) is 5.62. The first-order chi connectivity index (χ1) is 22.4. The van der Waals surface area contributed by atoms with E-state index in [2.05, 4.69) is 32.5 Å². The molecule has 0 bridgehead atoms. The number of ether oxygens (including phenoxy) is 1. The molecule has 0 aliphatic carbocycles. The Balaban J connectivity index is 1.26. The Labute approximate surface area is 269 Å². The zero-order valence-electron chi connectivity index (χ0n) is 26.2. The van der Waals surface area contributed by atoms with Crippen LogP contribution in [0.3, 0.4) is 0 Å². The fraction of sp³-hybridized carbons (Fsp3) is 0.472. The van der Waals surface area contributed by atoms with Crippen molar-refractivity contribution < 1.29 is 19.0 Å². The number of phenols is 1. The number of aromatic nitrogens is 2. The van der Waals surface area contributed by atoms with Crippen LogP contribution in [0.15, 0.2) is 36.9 Å². The van der Waals surface area contributed by atoms with Crippen LogP contribution in [-0.2, 0) is 17.8 Å². The maximum atomic E-state index is 14.9. The maximum absolute atomic E-state index is 14.9. The second-order valence-corrected chi connectivity index (χ2v) is 13.1. The van der Waals surface area contributed by atoms with Gasteiger partial charge in [0.1, 0.15) is 24.0 Å². The van der Waals surface area contributed by atoms with Crippen LogP contribution in [0, 0.1) is 18.2 Å². The molecule has 46 heavy (non-hydrogen) atoms. The Morgan fingerprint density at radius 3 is 2.76 bits per heavy atom. The Bertz CT molecular complexity index is 1710. The van der Waals surface area contributed by atoms with Gasteiger partial charge in [-0.2, -0.15) is 9.97 Å². The van der Waals surface area contributed by atoms with Gasteiger partial charge in [-0.15, -0.1) is 6.42 Å². The minimum atomic E-state index is -0.467. The molecule has 3 saturated heterocycles. The van der Waals surface area contributed by atoms with Crippen molar-refractivity contribution in [3.63, 3.8) is 0 Å². The highest BCUT2D eigenvalue weighted by molar-refractivity contribution is 6.00. The Hall–Kier alpha value is -4.36. The molecule has 2 aromatic carbocycles. The van der Waals surface area contributed by atoms with Crippen molar-refractivity contribution in [2.75, 3.05) is 49.1 Å². The molecule has 0 saturated carbocycles. The lowest BCUT2D eigenvalue weighted by atomic mass is 9.95. The van der Waals surface area contributed by atoms with Crippen LogP contribution < -0.4 is 19.9 Å². The van der Waals surface area contributed by atoms with E-state index in [0.717, 1.165) is 68.8 Å². The van der Waals surface area contributed by atoms with E-state index in [-0.39, 0.29) is 28.8 Å². The fourth-order valence-corrected chi connectivity index (χ4v) is 8.09. The Morgan fingerprint density at radius 1 is 1.15 bits per heavy atom. The van der Waals surface area contributed by atoms with Gasteiger partial charge in [-0.05, 0) is 88.1 Å². The molecule has 1 amide bonds. The highest BCUT2D eigenvalue weighted by atomic mass is 19.1. The number of halogens is 1. The van der Waals surface area contributed by atoms with Crippen molar-refractivity contribution in [1.29, 1.82) is 0 Å². The number of carbonyl (C=O) groups excluding carboxylic acids is 1. The summed E-state index contributed by atoms with van der Waals surface area (Å²) < 4.78 is 21.4. The minimum absolute atomic E-state index is 0.0248. The lowest BCUT2D eigenvalue weighted by molar-refractivity contribution is -0.117. The van der Waals surface area contributed by atoms with E-state index in [1.807, 2.05) is 0 Å². The van der Waals surface area contributed by atoms with Crippen molar-refractivity contribution in [2.24, 2.45) is 0 Å². The van der Waals surface area contributed by atoms with E-state index in [0.29, 0.717) is 55.1 Å². The molecule has 7 rings (SSSR count). The molecule has 240 valence electrons. The SMILES string of the molecule is C#Cc1c(F)ccc2cc(O)cc(N3CCc4c(nc(OCC56CCCN5CCC6)nc4N4CCCCC(NC(=O)C=C)C4)C3)c12. The lowest BCUT2D eigenvalue weighted by Crippen LogP contribution is -2.44. The third-order valence-electron chi connectivity index (χ3n) is 10.3. The number of anilines is 2. The van der Waals surface area contributed by atoms with Crippen molar-refractivity contribution in [1.82, 2.24) is 20.2 Å². The summed E-state index contributed by atoms with van der Waals surface area (Å²) in [6.45, 7) is 8.86. The van der Waals surface area contributed by atoms with Gasteiger partial charge in [-0.1, -0.05) is 18.6 Å². The van der Waals surface area contributed by atoms with Crippen molar-refractivity contribution in [3.05, 3.63) is 59.6 Å². The molecular weight excluding hydrogens is 583 g/mol. The number of aromatic hydroxyl groups is 1. The summed E-state index contributed by atoms with van der Waals surface area (Å²) in [6, 6.07) is 6.59. The summed E-state index contributed by atoms with van der Waals surface area (Å²) in [4.78, 5) is 29.2. The average molecular weight is 625 g/mol. The van der Waals surface area contributed by atoms with Crippen molar-refractivity contribution >= 4 is 28.2 Å². The molecule has 1 unspecified atom stereocenters. The highest BCUT2D eigenvalue weighted by Gasteiger charge is 2.45. The average Bonchev–Trinajstić information content (AvgIpc) is 3.56. The summed E-state index contributed by atoms with van der Waals surface area (Å²) in [5.41, 5.74) is 2.78. The molecule has 1 aromatic heterocycles. The van der Waals surface area contributed by atoms with Crippen molar-refractivity contribution in [3.8, 4) is 24.1 Å². The van der Waals surface area contributed by atoms with E-state index in [1.165, 1.54) is 25.0 Å². The predicted molar refractivity (Wildman–Crippen MR) is 177 cm³/mol. The number of benzene rings is 2. The van der Waals surface area contributed by atoms with Gasteiger partial charge in [0.15, 0.2) is 0 Å². The molecule has 9 nitrogen and oxygen atoms in total. The predicted octanol–water partition coefficient (Wildman–Crippen LogP) is 4.69. The third-order valence-corrected chi connectivity index (χ3v) is 10.3. The van der Waals surface area contributed by atoms with Crippen LogP contribution in [0.1, 0.15) is 61.8 Å². The second-order valence-electron chi connectivity index (χ2n) is 13.1. The highest BCUT2D eigenvalue weighted by Crippen LogP contribution is 2.41. The number of carbonyl (C=O) groups is 1. The standard InChI is InChI=1S/C36H41FN6O3/c1-3-27-29(37)11-10-24-19-26(44)20-31(33(24)27)41-18-12-28-30(22-41)39-35(46-23-36-13-7-16-43(36)17-8-14-36)40-34(28)42-15-6-5-9-25(21-42)38-32(45)4-2/h1,4,10-11,19-20,25,44H,2,5-9,12-18,21-23H2,(H,38,45). The smallest absolute Gasteiger partial charge is 0.318 e. The molecule has 10 heteroatoms. The van der Waals surface area contributed by atoms with E-state index in [1.54, 1.807) is 18.2 Å².